The Morgan fingerprint density at radius 3 is 2.06 bits per heavy atom. The first kappa shape index (κ1) is 49.3. The summed E-state index contributed by atoms with van der Waals surface area (Å²) in [5, 5.41) is 42.4. The molecule has 0 aliphatic carbocycles. The maximum atomic E-state index is 14.4. The highest BCUT2D eigenvalue weighted by Crippen LogP contribution is 2.39. The predicted molar refractivity (Wildman–Crippen MR) is 245 cm³/mol. The fourth-order valence-electron chi connectivity index (χ4n) is 7.98. The Balaban J connectivity index is 1.22. The van der Waals surface area contributed by atoms with E-state index in [2.05, 4.69) is 51.3 Å². The van der Waals surface area contributed by atoms with Gasteiger partial charge in [0, 0.05) is 43.1 Å². The summed E-state index contributed by atoms with van der Waals surface area (Å²) < 4.78 is 0. The lowest BCUT2D eigenvalue weighted by Gasteiger charge is -2.32. The molecule has 15 nitrogen and oxygen atoms in total. The van der Waals surface area contributed by atoms with E-state index < -0.39 is 53.8 Å². The summed E-state index contributed by atoms with van der Waals surface area (Å²) in [5.74, 6) is -4.87. The van der Waals surface area contributed by atoms with Gasteiger partial charge in [-0.1, -0.05) is 73.9 Å². The van der Waals surface area contributed by atoms with E-state index in [1.807, 2.05) is 18.2 Å². The Morgan fingerprint density at radius 2 is 1.40 bits per heavy atom. The van der Waals surface area contributed by atoms with E-state index in [4.69, 9.17) is 0 Å². The number of quaternary nitrogens is 1. The van der Waals surface area contributed by atoms with Crippen molar-refractivity contribution in [2.75, 3.05) is 20.1 Å². The van der Waals surface area contributed by atoms with Crippen molar-refractivity contribution in [3.63, 3.8) is 0 Å². The second-order valence-electron chi connectivity index (χ2n) is 16.7. The van der Waals surface area contributed by atoms with Crippen LogP contribution >= 0.6 is 0 Å². The smallest absolute Gasteiger partial charge is 0.326 e. The van der Waals surface area contributed by atoms with Gasteiger partial charge in [0.2, 0.25) is 23.6 Å². The van der Waals surface area contributed by atoms with Gasteiger partial charge in [0.05, 0.1) is 6.54 Å². The third-order valence-corrected chi connectivity index (χ3v) is 11.7. The molecular formula is C50H63N6O9+. The Bertz CT molecular complexity index is 2270. The van der Waals surface area contributed by atoms with Gasteiger partial charge < -0.3 is 47.2 Å². The topological polar surface area (TPSA) is 242 Å². The molecule has 10 N–H and O–H groups in total. The standard InChI is InChI=1S/C50H62N6O9/c1-32-46(60)55-41(50(64)65)30-35-20-24-42(57)38(29-35)39-31-37(23-25-43(39)58)45(48(62)53-32)56(2)49(63)40(17-11-12-27-51)54-44(59)26-28-52-47(61)36-21-18-34(19-22-36)16-8-5-3-4-7-13-33-14-9-6-10-15-33/h6,9-10,14-15,18-25,29,31-32,40-41,45,57-58H,3-5,7-8,11-13,16-17,26-28,30,51H2,1-2H3,(H,52,61)(H,53,62)(H,54,59)(H,55,60)(H,64,65)/p+1/t32-,40-,41-,45-/m0/s1. The number of aliphatic carboxylic acids is 1. The first-order valence-electron chi connectivity index (χ1n) is 22.5. The number of benzene rings is 4. The minimum atomic E-state index is -1.42. The summed E-state index contributed by atoms with van der Waals surface area (Å²) in [6.45, 7) is 1.97. The lowest BCUT2D eigenvalue weighted by Crippen LogP contribution is -2.55. The normalized spacial score (nSPS) is 16.6. The van der Waals surface area contributed by atoms with Crippen molar-refractivity contribution in [2.45, 2.75) is 108 Å². The molecule has 0 saturated carbocycles. The molecule has 4 atom stereocenters. The van der Waals surface area contributed by atoms with E-state index in [1.54, 1.807) is 12.1 Å². The van der Waals surface area contributed by atoms with Gasteiger partial charge in [-0.3, -0.25) is 24.0 Å². The average molecular weight is 892 g/mol. The van der Waals surface area contributed by atoms with E-state index in [-0.39, 0.29) is 59.9 Å². The van der Waals surface area contributed by atoms with E-state index in [0.29, 0.717) is 30.5 Å². The number of phenols is 2. The molecule has 0 aromatic heterocycles. The number of phenolic OH excluding ortho intramolecular Hbond substituents is 2. The van der Waals surface area contributed by atoms with Crippen LogP contribution in [0.2, 0.25) is 0 Å². The number of nitrogens with one attached hydrogen (secondary N) is 4. The summed E-state index contributed by atoms with van der Waals surface area (Å²) in [6, 6.07) is 21.3. The fourth-order valence-corrected chi connectivity index (χ4v) is 7.98. The molecule has 0 saturated heterocycles. The summed E-state index contributed by atoms with van der Waals surface area (Å²) in [7, 11) is 1.38. The van der Waals surface area contributed by atoms with Crippen molar-refractivity contribution < 1.29 is 49.8 Å². The fraction of sp³-hybridized carbons (Fsp3) is 0.400. The van der Waals surface area contributed by atoms with Crippen LogP contribution in [0.3, 0.4) is 0 Å². The highest BCUT2D eigenvalue weighted by molar-refractivity contribution is 5.96. The molecule has 1 heterocycles. The van der Waals surface area contributed by atoms with Gasteiger partial charge in [-0.2, -0.15) is 0 Å². The Labute approximate surface area is 380 Å². The van der Waals surface area contributed by atoms with Crippen LogP contribution in [0.15, 0.2) is 91.0 Å². The molecule has 15 heteroatoms. The van der Waals surface area contributed by atoms with Crippen LogP contribution in [-0.2, 0) is 43.2 Å². The third kappa shape index (κ3) is 14.4. The highest BCUT2D eigenvalue weighted by Gasteiger charge is 2.36. The quantitative estimate of drug-likeness (QED) is 0.0588. The number of aromatic hydroxyl groups is 2. The Hall–Kier alpha value is -6.74. The predicted octanol–water partition coefficient (Wildman–Crippen LogP) is 4.35. The zero-order chi connectivity index (χ0) is 46.9. The maximum absolute atomic E-state index is 14.4. The number of carboxylic acid groups (broad SMARTS) is 1. The monoisotopic (exact) mass is 891 g/mol. The molecule has 5 rings (SSSR count). The lowest BCUT2D eigenvalue weighted by atomic mass is 9.93. The summed E-state index contributed by atoms with van der Waals surface area (Å²) in [4.78, 5) is 81.5. The minimum absolute atomic E-state index is 0.00434. The molecule has 1 aliphatic rings. The van der Waals surface area contributed by atoms with Gasteiger partial charge in [0.25, 0.3) is 5.91 Å². The van der Waals surface area contributed by atoms with Crippen molar-refractivity contribution in [1.29, 1.82) is 0 Å². The van der Waals surface area contributed by atoms with Crippen LogP contribution in [0.5, 0.6) is 11.5 Å². The highest BCUT2D eigenvalue weighted by atomic mass is 16.4. The number of aryl methyl sites for hydroxylation is 2. The summed E-state index contributed by atoms with van der Waals surface area (Å²) in [6.07, 6.45) is 8.91. The number of fused-ring (bicyclic) bond motifs is 5. The first-order valence-corrected chi connectivity index (χ1v) is 22.5. The van der Waals surface area contributed by atoms with Gasteiger partial charge in [0.15, 0.2) is 0 Å². The number of hydrogen-bond acceptors (Lipinski definition) is 8. The number of carbonyl (C=O) groups excluding carboxylic acids is 5. The molecule has 1 aliphatic heterocycles. The number of carboxylic acids is 1. The van der Waals surface area contributed by atoms with Gasteiger partial charge >= 0.3 is 5.97 Å². The number of carbonyl (C=O) groups is 6. The van der Waals surface area contributed by atoms with Crippen LogP contribution in [-0.4, -0.2) is 94.0 Å². The van der Waals surface area contributed by atoms with Crippen LogP contribution < -0.4 is 27.0 Å². The van der Waals surface area contributed by atoms with E-state index in [9.17, 15) is 44.1 Å². The molecule has 4 bridgehead atoms. The number of unbranched alkanes of at least 4 members (excludes halogenated alkanes) is 5. The molecule has 0 fully saturated rings. The van der Waals surface area contributed by atoms with Crippen molar-refractivity contribution in [1.82, 2.24) is 26.2 Å². The van der Waals surface area contributed by atoms with Crippen molar-refractivity contribution >= 4 is 35.5 Å². The van der Waals surface area contributed by atoms with Crippen LogP contribution in [0, 0.1) is 0 Å². The molecular weight excluding hydrogens is 829 g/mol. The molecule has 4 aromatic carbocycles. The van der Waals surface area contributed by atoms with Crippen LogP contribution in [0.25, 0.3) is 11.1 Å². The first-order chi connectivity index (χ1) is 31.2. The largest absolute Gasteiger partial charge is 0.507 e. The van der Waals surface area contributed by atoms with Crippen molar-refractivity contribution in [2.24, 2.45) is 0 Å². The van der Waals surface area contributed by atoms with Gasteiger partial charge in [-0.15, -0.1) is 0 Å². The van der Waals surface area contributed by atoms with Crippen molar-refractivity contribution in [3.8, 4) is 22.6 Å². The summed E-state index contributed by atoms with van der Waals surface area (Å²) >= 11 is 0. The second kappa shape index (κ2) is 24.4. The Kier molecular flexibility index (Phi) is 18.5. The number of nitrogens with zero attached hydrogens (tertiary/aromatic N) is 1. The number of amides is 5. The zero-order valence-electron chi connectivity index (χ0n) is 37.3. The molecule has 4 aromatic rings. The second-order valence-corrected chi connectivity index (χ2v) is 16.7. The van der Waals surface area contributed by atoms with Crippen LogP contribution in [0.1, 0.15) is 103 Å². The molecule has 0 spiro atoms. The van der Waals surface area contributed by atoms with E-state index in [0.717, 1.165) is 36.1 Å². The maximum Gasteiger partial charge on any atom is 0.326 e. The zero-order valence-corrected chi connectivity index (χ0v) is 37.3. The minimum Gasteiger partial charge on any atom is -0.507 e. The van der Waals surface area contributed by atoms with Gasteiger partial charge in [0.1, 0.15) is 35.7 Å². The van der Waals surface area contributed by atoms with Crippen molar-refractivity contribution in [3.05, 3.63) is 119 Å². The van der Waals surface area contributed by atoms with E-state index in [1.165, 1.54) is 75.2 Å². The number of rotatable bonds is 20. The molecule has 346 valence electrons. The lowest BCUT2D eigenvalue weighted by molar-refractivity contribution is -0.368. The number of hydrogen-bond donors (Lipinski definition) is 8. The molecule has 65 heavy (non-hydrogen) atoms. The molecule has 5 amide bonds. The Morgan fingerprint density at radius 1 is 0.769 bits per heavy atom. The summed E-state index contributed by atoms with van der Waals surface area (Å²) in [5.41, 5.74) is 7.75. The molecule has 0 radical (unpaired) electrons. The third-order valence-electron chi connectivity index (χ3n) is 11.7. The molecule has 0 unspecified atom stereocenters. The number of likely N-dealkylation sites (N-methyl/N-ethyl adjacent to an activating group) is 1. The average Bonchev–Trinajstić information content (AvgIpc) is 3.29. The van der Waals surface area contributed by atoms with E-state index >= 15 is 0 Å². The van der Waals surface area contributed by atoms with Gasteiger partial charge in [-0.25, -0.2) is 4.79 Å². The van der Waals surface area contributed by atoms with Gasteiger partial charge in [-0.05, 0) is 111 Å². The van der Waals surface area contributed by atoms with Crippen LogP contribution in [0.4, 0.5) is 0 Å². The SMILES string of the molecule is C[C@@H]1NC(=O)[C@@H](N(C)C(=O)[C@H](CCCC[NH3+])NC(=O)CCNC(=O)c2ccc(CCCCCCCc3ccccc3)cc2)c2ccc(O)c(c2)-c2cc(ccc2O)C[C@@H](C(=O)O)NC1=O.